The molecule has 2 N–H and O–H groups in total. The number of hydrogen-bond donors (Lipinski definition) is 1. The molecule has 0 spiro atoms. The normalized spacial score (nSPS) is 16.8. The zero-order valence-electron chi connectivity index (χ0n) is 9.35. The number of hydrogen-bond acceptors (Lipinski definition) is 3. The van der Waals surface area contributed by atoms with Crippen LogP contribution in [0.5, 0.6) is 0 Å². The number of aldehydes is 1. The molecule has 86 valence electrons. The van der Waals surface area contributed by atoms with Gasteiger partial charge in [-0.2, -0.15) is 0 Å². The summed E-state index contributed by atoms with van der Waals surface area (Å²) in [6.45, 7) is 0. The standard InChI is InChI=1S/C14H13NOS/c15-14(6-7-14)11-3-1-2-10(8-11)13-5-4-12(9-16)17-13/h1-5,8-9H,6-7,15H2. The Kier molecular flexibility index (Phi) is 2.38. The summed E-state index contributed by atoms with van der Waals surface area (Å²) in [4.78, 5) is 12.6. The first kappa shape index (κ1) is 10.7. The van der Waals surface area contributed by atoms with Gasteiger partial charge in [0, 0.05) is 10.4 Å². The average molecular weight is 243 g/mol. The van der Waals surface area contributed by atoms with E-state index < -0.39 is 0 Å². The van der Waals surface area contributed by atoms with Gasteiger partial charge in [0.1, 0.15) is 0 Å². The molecule has 1 aliphatic rings. The van der Waals surface area contributed by atoms with Crippen molar-refractivity contribution in [3.63, 3.8) is 0 Å². The second-order valence-electron chi connectivity index (χ2n) is 4.56. The molecule has 1 aromatic heterocycles. The fourth-order valence-corrected chi connectivity index (χ4v) is 2.80. The van der Waals surface area contributed by atoms with Crippen molar-refractivity contribution in [1.82, 2.24) is 0 Å². The third-order valence-electron chi connectivity index (χ3n) is 3.25. The van der Waals surface area contributed by atoms with E-state index in [9.17, 15) is 4.79 Å². The molecule has 0 unspecified atom stereocenters. The smallest absolute Gasteiger partial charge is 0.160 e. The maximum Gasteiger partial charge on any atom is 0.160 e. The van der Waals surface area contributed by atoms with Gasteiger partial charge >= 0.3 is 0 Å². The van der Waals surface area contributed by atoms with E-state index in [0.29, 0.717) is 0 Å². The minimum atomic E-state index is -0.0965. The number of rotatable bonds is 3. The van der Waals surface area contributed by atoms with E-state index in [2.05, 4.69) is 18.2 Å². The third-order valence-corrected chi connectivity index (χ3v) is 4.31. The zero-order valence-corrected chi connectivity index (χ0v) is 10.2. The van der Waals surface area contributed by atoms with Crippen molar-refractivity contribution in [2.45, 2.75) is 18.4 Å². The van der Waals surface area contributed by atoms with Gasteiger partial charge in [0.2, 0.25) is 0 Å². The van der Waals surface area contributed by atoms with Crippen molar-refractivity contribution in [1.29, 1.82) is 0 Å². The van der Waals surface area contributed by atoms with Crippen LogP contribution in [0, 0.1) is 0 Å². The van der Waals surface area contributed by atoms with Gasteiger partial charge in [-0.25, -0.2) is 0 Å². The molecule has 0 radical (unpaired) electrons. The van der Waals surface area contributed by atoms with Gasteiger partial charge in [0.25, 0.3) is 0 Å². The number of nitrogens with two attached hydrogens (primary N) is 1. The second kappa shape index (κ2) is 3.79. The van der Waals surface area contributed by atoms with Crippen molar-refractivity contribution >= 4 is 17.6 Å². The Morgan fingerprint density at radius 2 is 2.06 bits per heavy atom. The highest BCUT2D eigenvalue weighted by Crippen LogP contribution is 2.43. The van der Waals surface area contributed by atoms with Gasteiger partial charge in [-0.3, -0.25) is 4.79 Å². The molecule has 2 nitrogen and oxygen atoms in total. The molecule has 3 heteroatoms. The molecule has 3 rings (SSSR count). The molecule has 1 aliphatic carbocycles. The molecule has 1 fully saturated rings. The molecule has 2 aromatic rings. The highest BCUT2D eigenvalue weighted by Gasteiger charge is 2.39. The minimum Gasteiger partial charge on any atom is -0.321 e. The van der Waals surface area contributed by atoms with Crippen LogP contribution in [0.25, 0.3) is 10.4 Å². The Morgan fingerprint density at radius 1 is 1.24 bits per heavy atom. The van der Waals surface area contributed by atoms with Crippen molar-refractivity contribution in [2.75, 3.05) is 0 Å². The Morgan fingerprint density at radius 3 is 2.71 bits per heavy atom. The summed E-state index contributed by atoms with van der Waals surface area (Å²) in [6.07, 6.45) is 3.03. The summed E-state index contributed by atoms with van der Waals surface area (Å²) in [6, 6.07) is 12.2. The Hall–Kier alpha value is -1.45. The lowest BCUT2D eigenvalue weighted by atomic mass is 10.0. The lowest BCUT2D eigenvalue weighted by Crippen LogP contribution is -2.18. The number of thiophene rings is 1. The van der Waals surface area contributed by atoms with Crippen molar-refractivity contribution in [3.8, 4) is 10.4 Å². The average Bonchev–Trinajstić information content (AvgIpc) is 2.95. The maximum atomic E-state index is 10.7. The maximum absolute atomic E-state index is 10.7. The number of carbonyl (C=O) groups excluding carboxylic acids is 1. The van der Waals surface area contributed by atoms with Crippen LogP contribution < -0.4 is 5.73 Å². The topological polar surface area (TPSA) is 43.1 Å². The van der Waals surface area contributed by atoms with E-state index in [1.54, 1.807) is 0 Å². The zero-order chi connectivity index (χ0) is 11.9. The number of benzene rings is 1. The quantitative estimate of drug-likeness (QED) is 0.841. The van der Waals surface area contributed by atoms with Crippen molar-refractivity contribution in [3.05, 3.63) is 46.8 Å². The summed E-state index contributed by atoms with van der Waals surface area (Å²) < 4.78 is 0. The van der Waals surface area contributed by atoms with Crippen LogP contribution in [0.4, 0.5) is 0 Å². The Labute approximate surface area is 104 Å². The van der Waals surface area contributed by atoms with Gasteiger partial charge in [-0.1, -0.05) is 18.2 Å². The first-order valence-electron chi connectivity index (χ1n) is 5.66. The lowest BCUT2D eigenvalue weighted by molar-refractivity contribution is 0.112. The van der Waals surface area contributed by atoms with Crippen LogP contribution in [0.15, 0.2) is 36.4 Å². The van der Waals surface area contributed by atoms with Crippen LogP contribution >= 0.6 is 11.3 Å². The fraction of sp³-hybridized carbons (Fsp3) is 0.214. The lowest BCUT2D eigenvalue weighted by Gasteiger charge is -2.10. The molecule has 1 aromatic carbocycles. The molecular weight excluding hydrogens is 230 g/mol. The SMILES string of the molecule is NC1(c2cccc(-c3ccc(C=O)s3)c2)CC1. The fourth-order valence-electron chi connectivity index (χ4n) is 1.98. The first-order chi connectivity index (χ1) is 8.21. The first-order valence-corrected chi connectivity index (χ1v) is 6.48. The van der Waals surface area contributed by atoms with E-state index in [1.807, 2.05) is 18.2 Å². The molecule has 17 heavy (non-hydrogen) atoms. The van der Waals surface area contributed by atoms with Crippen LogP contribution in [0.3, 0.4) is 0 Å². The van der Waals surface area contributed by atoms with Crippen LogP contribution in [0.1, 0.15) is 28.1 Å². The highest BCUT2D eigenvalue weighted by atomic mass is 32.1. The predicted octanol–water partition coefficient (Wildman–Crippen LogP) is 3.18. The summed E-state index contributed by atoms with van der Waals surface area (Å²) in [7, 11) is 0. The summed E-state index contributed by atoms with van der Waals surface area (Å²) >= 11 is 1.52. The van der Waals surface area contributed by atoms with Gasteiger partial charge in [-0.15, -0.1) is 11.3 Å². The molecule has 0 amide bonds. The third kappa shape index (κ3) is 1.92. The molecular formula is C14H13NOS. The molecule has 0 bridgehead atoms. The van der Waals surface area contributed by atoms with Crippen molar-refractivity contribution < 1.29 is 4.79 Å². The van der Waals surface area contributed by atoms with Crippen LogP contribution in [-0.2, 0) is 5.54 Å². The summed E-state index contributed by atoms with van der Waals surface area (Å²) in [5.41, 5.74) is 8.45. The van der Waals surface area contributed by atoms with Crippen LogP contribution in [0.2, 0.25) is 0 Å². The summed E-state index contributed by atoms with van der Waals surface area (Å²) in [5, 5.41) is 0. The predicted molar refractivity (Wildman–Crippen MR) is 70.2 cm³/mol. The Balaban J connectivity index is 2.00. The Bertz CT molecular complexity index is 569. The minimum absolute atomic E-state index is 0.0965. The molecule has 0 atom stereocenters. The molecule has 0 saturated heterocycles. The highest BCUT2D eigenvalue weighted by molar-refractivity contribution is 7.17. The summed E-state index contributed by atoms with van der Waals surface area (Å²) in [5.74, 6) is 0. The second-order valence-corrected chi connectivity index (χ2v) is 5.67. The van der Waals surface area contributed by atoms with E-state index in [0.717, 1.165) is 34.4 Å². The van der Waals surface area contributed by atoms with Gasteiger partial charge < -0.3 is 5.73 Å². The van der Waals surface area contributed by atoms with E-state index in [4.69, 9.17) is 5.73 Å². The van der Waals surface area contributed by atoms with E-state index in [1.165, 1.54) is 16.9 Å². The van der Waals surface area contributed by atoms with E-state index >= 15 is 0 Å². The monoisotopic (exact) mass is 243 g/mol. The van der Waals surface area contributed by atoms with Crippen LogP contribution in [-0.4, -0.2) is 6.29 Å². The van der Waals surface area contributed by atoms with E-state index in [-0.39, 0.29) is 5.54 Å². The molecule has 1 heterocycles. The van der Waals surface area contributed by atoms with Gasteiger partial charge in [0.15, 0.2) is 6.29 Å². The van der Waals surface area contributed by atoms with Gasteiger partial charge in [0.05, 0.1) is 4.88 Å². The largest absolute Gasteiger partial charge is 0.321 e. The molecule has 0 aliphatic heterocycles. The van der Waals surface area contributed by atoms with Crippen molar-refractivity contribution in [2.24, 2.45) is 5.73 Å². The number of carbonyl (C=O) groups is 1. The molecule has 1 saturated carbocycles. The van der Waals surface area contributed by atoms with Gasteiger partial charge in [-0.05, 0) is 42.2 Å².